The minimum absolute atomic E-state index is 0.00213. The molecule has 0 aliphatic rings. The summed E-state index contributed by atoms with van der Waals surface area (Å²) in [5.74, 6) is -1.83. The van der Waals surface area contributed by atoms with Crippen molar-refractivity contribution in [3.63, 3.8) is 0 Å². The third-order valence-corrected chi connectivity index (χ3v) is 2.94. The predicted molar refractivity (Wildman–Crippen MR) is 61.6 cm³/mol. The molecule has 1 atom stereocenters. The van der Waals surface area contributed by atoms with Gasteiger partial charge in [0.25, 0.3) is 0 Å². The van der Waals surface area contributed by atoms with Crippen LogP contribution in [0.15, 0.2) is 12.1 Å². The Morgan fingerprint density at radius 3 is 2.67 bits per heavy atom. The summed E-state index contributed by atoms with van der Waals surface area (Å²) in [6.07, 6.45) is 0. The number of halogens is 1. The number of carboxylic acids is 1. The first-order chi connectivity index (χ1) is 6.97. The highest BCUT2D eigenvalue weighted by Crippen LogP contribution is 2.28. The van der Waals surface area contributed by atoms with Gasteiger partial charge in [-0.25, -0.2) is 0 Å². The summed E-state index contributed by atoms with van der Waals surface area (Å²) < 4.78 is 0.533. The molecule has 1 aromatic rings. The van der Waals surface area contributed by atoms with Crippen LogP contribution in [-0.2, 0) is 4.79 Å². The number of rotatable bonds is 2. The van der Waals surface area contributed by atoms with Gasteiger partial charge in [0.15, 0.2) is 0 Å². The highest BCUT2D eigenvalue weighted by atomic mass is 127. The van der Waals surface area contributed by atoms with E-state index in [-0.39, 0.29) is 11.3 Å². The number of nitrogens with zero attached hydrogens (tertiary/aromatic N) is 1. The summed E-state index contributed by atoms with van der Waals surface area (Å²) in [5, 5.41) is 27.1. The molecule has 0 fully saturated rings. The first kappa shape index (κ1) is 11.8. The van der Waals surface area contributed by atoms with Gasteiger partial charge >= 0.3 is 5.97 Å². The van der Waals surface area contributed by atoms with E-state index < -0.39 is 11.9 Å². The minimum Gasteiger partial charge on any atom is -0.507 e. The number of aliphatic carboxylic acids is 1. The quantitative estimate of drug-likeness (QED) is 0.818. The summed E-state index contributed by atoms with van der Waals surface area (Å²) in [6.45, 7) is 1.48. The summed E-state index contributed by atoms with van der Waals surface area (Å²) in [5.41, 5.74) is 0.620. The average Bonchev–Trinajstić information content (AvgIpc) is 2.20. The molecule has 0 heterocycles. The van der Waals surface area contributed by atoms with E-state index in [4.69, 9.17) is 10.4 Å². The van der Waals surface area contributed by atoms with E-state index in [0.29, 0.717) is 9.13 Å². The van der Waals surface area contributed by atoms with Gasteiger partial charge in [-0.15, -0.1) is 0 Å². The zero-order valence-electron chi connectivity index (χ0n) is 7.86. The van der Waals surface area contributed by atoms with Crippen molar-refractivity contribution in [1.82, 2.24) is 0 Å². The standard InChI is InChI=1S/C10H8INO3/c1-5(10(14)15)7-3-9(13)8(11)2-6(7)4-12/h2-3,5,13H,1H3,(H,14,15). The van der Waals surface area contributed by atoms with Crippen molar-refractivity contribution < 1.29 is 15.0 Å². The number of phenolic OH excluding ortho intramolecular Hbond substituents is 1. The second-order valence-electron chi connectivity index (χ2n) is 3.06. The molecule has 2 N–H and O–H groups in total. The highest BCUT2D eigenvalue weighted by Gasteiger charge is 2.19. The molecule has 0 aliphatic heterocycles. The van der Waals surface area contributed by atoms with Gasteiger partial charge in [-0.3, -0.25) is 4.79 Å². The van der Waals surface area contributed by atoms with Gasteiger partial charge in [0.2, 0.25) is 0 Å². The average molecular weight is 317 g/mol. The maximum atomic E-state index is 10.8. The summed E-state index contributed by atoms with van der Waals surface area (Å²) in [7, 11) is 0. The third-order valence-electron chi connectivity index (χ3n) is 2.08. The number of benzene rings is 1. The molecular formula is C10H8INO3. The lowest BCUT2D eigenvalue weighted by atomic mass is 9.96. The predicted octanol–water partition coefficient (Wildman–Crippen LogP) is 2.06. The van der Waals surface area contributed by atoms with E-state index in [1.165, 1.54) is 19.1 Å². The minimum atomic E-state index is -1.02. The van der Waals surface area contributed by atoms with Crippen molar-refractivity contribution in [1.29, 1.82) is 5.26 Å². The van der Waals surface area contributed by atoms with Crippen LogP contribution in [0.2, 0.25) is 0 Å². The van der Waals surface area contributed by atoms with Gasteiger partial charge in [-0.2, -0.15) is 5.26 Å². The van der Waals surface area contributed by atoms with Crippen LogP contribution in [0.25, 0.3) is 0 Å². The lowest BCUT2D eigenvalue weighted by Crippen LogP contribution is -2.09. The molecule has 1 rings (SSSR count). The van der Waals surface area contributed by atoms with Gasteiger partial charge in [-0.1, -0.05) is 0 Å². The second-order valence-corrected chi connectivity index (χ2v) is 4.22. The molecule has 4 nitrogen and oxygen atoms in total. The number of hydrogen-bond acceptors (Lipinski definition) is 3. The molecule has 1 unspecified atom stereocenters. The zero-order chi connectivity index (χ0) is 11.6. The molecule has 0 saturated heterocycles. The van der Waals surface area contributed by atoms with Crippen molar-refractivity contribution >= 4 is 28.6 Å². The number of aromatic hydroxyl groups is 1. The first-order valence-corrected chi connectivity index (χ1v) is 5.20. The fraction of sp³-hybridized carbons (Fsp3) is 0.200. The molecule has 0 spiro atoms. The number of carbonyl (C=O) groups is 1. The van der Waals surface area contributed by atoms with Crippen molar-refractivity contribution in [2.45, 2.75) is 12.8 Å². The van der Waals surface area contributed by atoms with E-state index in [1.807, 2.05) is 28.7 Å². The van der Waals surface area contributed by atoms with E-state index in [1.54, 1.807) is 0 Å². The fourth-order valence-corrected chi connectivity index (χ4v) is 1.63. The van der Waals surface area contributed by atoms with Crippen LogP contribution in [0.5, 0.6) is 5.75 Å². The maximum absolute atomic E-state index is 10.8. The van der Waals surface area contributed by atoms with Crippen LogP contribution in [0.1, 0.15) is 24.0 Å². The first-order valence-electron chi connectivity index (χ1n) is 4.12. The Balaban J connectivity index is 3.35. The van der Waals surface area contributed by atoms with Crippen LogP contribution in [-0.4, -0.2) is 16.2 Å². The van der Waals surface area contributed by atoms with Crippen LogP contribution in [0.3, 0.4) is 0 Å². The van der Waals surface area contributed by atoms with Gasteiger partial charge in [0, 0.05) is 0 Å². The lowest BCUT2D eigenvalue weighted by Gasteiger charge is -2.10. The highest BCUT2D eigenvalue weighted by molar-refractivity contribution is 14.1. The van der Waals surface area contributed by atoms with Crippen molar-refractivity contribution in [3.8, 4) is 11.8 Å². The maximum Gasteiger partial charge on any atom is 0.310 e. The fourth-order valence-electron chi connectivity index (χ4n) is 1.17. The zero-order valence-corrected chi connectivity index (χ0v) is 10.0. The van der Waals surface area contributed by atoms with Crippen LogP contribution in [0.4, 0.5) is 0 Å². The lowest BCUT2D eigenvalue weighted by molar-refractivity contribution is -0.138. The molecule has 1 aromatic carbocycles. The van der Waals surface area contributed by atoms with Crippen LogP contribution < -0.4 is 0 Å². The monoisotopic (exact) mass is 317 g/mol. The summed E-state index contributed by atoms with van der Waals surface area (Å²) >= 11 is 1.88. The molecule has 15 heavy (non-hydrogen) atoms. The van der Waals surface area contributed by atoms with Gasteiger partial charge in [-0.05, 0) is 47.2 Å². The third kappa shape index (κ3) is 2.39. The Bertz CT molecular complexity index is 451. The molecule has 0 amide bonds. The molecule has 0 aromatic heterocycles. The smallest absolute Gasteiger partial charge is 0.310 e. The SMILES string of the molecule is CC(C(=O)O)c1cc(O)c(I)cc1C#N. The second kappa shape index (κ2) is 4.49. The number of hydrogen-bond donors (Lipinski definition) is 2. The van der Waals surface area contributed by atoms with Crippen LogP contribution in [0, 0.1) is 14.9 Å². The van der Waals surface area contributed by atoms with Crippen molar-refractivity contribution in [2.75, 3.05) is 0 Å². The van der Waals surface area contributed by atoms with Gasteiger partial charge < -0.3 is 10.2 Å². The molecule has 0 radical (unpaired) electrons. The molecule has 5 heteroatoms. The van der Waals surface area contributed by atoms with E-state index in [2.05, 4.69) is 0 Å². The number of phenols is 1. The Morgan fingerprint density at radius 2 is 2.20 bits per heavy atom. The van der Waals surface area contributed by atoms with Crippen molar-refractivity contribution in [3.05, 3.63) is 26.8 Å². The largest absolute Gasteiger partial charge is 0.507 e. The number of nitriles is 1. The van der Waals surface area contributed by atoms with E-state index >= 15 is 0 Å². The van der Waals surface area contributed by atoms with Crippen LogP contribution >= 0.6 is 22.6 Å². The Labute approximate surface area is 100 Å². The van der Waals surface area contributed by atoms with E-state index in [9.17, 15) is 9.90 Å². The summed E-state index contributed by atoms with van der Waals surface area (Å²) in [6, 6.07) is 4.73. The summed E-state index contributed by atoms with van der Waals surface area (Å²) in [4.78, 5) is 10.8. The van der Waals surface area contributed by atoms with Crippen molar-refractivity contribution in [2.24, 2.45) is 0 Å². The normalized spacial score (nSPS) is 11.8. The number of carboxylic acid groups (broad SMARTS) is 1. The Kier molecular flexibility index (Phi) is 3.52. The molecule has 0 bridgehead atoms. The Hall–Kier alpha value is -1.29. The molecule has 0 saturated carbocycles. The van der Waals surface area contributed by atoms with Gasteiger partial charge in [0.05, 0.1) is 21.1 Å². The molecule has 78 valence electrons. The molecular weight excluding hydrogens is 309 g/mol. The topological polar surface area (TPSA) is 81.3 Å². The Morgan fingerprint density at radius 1 is 1.60 bits per heavy atom. The van der Waals surface area contributed by atoms with E-state index in [0.717, 1.165) is 0 Å². The van der Waals surface area contributed by atoms with Gasteiger partial charge in [0.1, 0.15) is 5.75 Å². The molecule has 0 aliphatic carbocycles.